The number of nitrogens with one attached hydrogen (secondary N) is 1. The van der Waals surface area contributed by atoms with Gasteiger partial charge in [0, 0.05) is 41.8 Å². The Balaban J connectivity index is 1.48. The number of halogens is 1. The maximum Gasteiger partial charge on any atom is 0.170 e. The Bertz CT molecular complexity index is 1110. The monoisotopic (exact) mass is 401 g/mol. The van der Waals surface area contributed by atoms with E-state index in [2.05, 4.69) is 27.8 Å². The Morgan fingerprint density at radius 1 is 1.37 bits per heavy atom. The number of aryl methyl sites for hydroxylation is 1. The smallest absolute Gasteiger partial charge is 0.170 e. The van der Waals surface area contributed by atoms with Crippen LogP contribution >= 0.6 is 0 Å². The van der Waals surface area contributed by atoms with Gasteiger partial charge in [0.25, 0.3) is 0 Å². The summed E-state index contributed by atoms with van der Waals surface area (Å²) in [4.78, 5) is 6.32. The molecule has 5 rings (SSSR count). The molecule has 2 aliphatic heterocycles. The van der Waals surface area contributed by atoms with Gasteiger partial charge in [-0.1, -0.05) is 12.6 Å². The maximum absolute atomic E-state index is 15.4. The molecule has 1 saturated carbocycles. The zero-order chi connectivity index (χ0) is 20.9. The summed E-state index contributed by atoms with van der Waals surface area (Å²) in [7, 11) is 0. The largest absolute Gasteiger partial charge is 0.396 e. The van der Waals surface area contributed by atoms with Crippen LogP contribution in [-0.4, -0.2) is 17.1 Å². The summed E-state index contributed by atoms with van der Waals surface area (Å²) in [6.07, 6.45) is 11.2. The molecular weight excluding hydrogens is 377 g/mol. The highest BCUT2D eigenvalue weighted by Crippen LogP contribution is 2.58. The van der Waals surface area contributed by atoms with Crippen LogP contribution < -0.4 is 16.0 Å². The number of nitrogen functional groups attached to an aromatic ring is 1. The first-order chi connectivity index (χ1) is 14.6. The second-order valence-corrected chi connectivity index (χ2v) is 8.42. The highest BCUT2D eigenvalue weighted by atomic mass is 19.1. The SMILES string of the molecule is C=C1C(C#N)=CN2c3c(c(NCCCc4cccnc4)c(F)c(N)c31)CCC21CC1. The molecule has 152 valence electrons. The number of anilines is 3. The number of nitrogens with zero attached hydrogens (tertiary/aromatic N) is 3. The number of nitriles is 1. The summed E-state index contributed by atoms with van der Waals surface area (Å²) in [5.74, 6) is -0.433. The number of nitrogens with two attached hydrogens (primary N) is 1. The molecule has 0 unspecified atom stereocenters. The third-order valence-electron chi connectivity index (χ3n) is 6.64. The minimum Gasteiger partial charge on any atom is -0.396 e. The maximum atomic E-state index is 15.4. The van der Waals surface area contributed by atoms with E-state index < -0.39 is 5.82 Å². The average molecular weight is 401 g/mol. The molecule has 0 amide bonds. The van der Waals surface area contributed by atoms with Crippen molar-refractivity contribution in [3.8, 4) is 6.07 Å². The molecule has 1 fully saturated rings. The molecule has 3 N–H and O–H groups in total. The number of hydrogen-bond acceptors (Lipinski definition) is 5. The van der Waals surface area contributed by atoms with E-state index in [0.717, 1.165) is 49.8 Å². The molecule has 0 radical (unpaired) electrons. The zero-order valence-electron chi connectivity index (χ0n) is 16.8. The summed E-state index contributed by atoms with van der Waals surface area (Å²) >= 11 is 0. The van der Waals surface area contributed by atoms with Gasteiger partial charge in [-0.25, -0.2) is 4.39 Å². The molecule has 0 bridgehead atoms. The lowest BCUT2D eigenvalue weighted by atomic mass is 9.83. The average Bonchev–Trinajstić information content (AvgIpc) is 3.54. The van der Waals surface area contributed by atoms with Crippen LogP contribution in [0.15, 0.2) is 42.9 Å². The van der Waals surface area contributed by atoms with Gasteiger partial charge < -0.3 is 16.0 Å². The van der Waals surface area contributed by atoms with E-state index in [9.17, 15) is 5.26 Å². The van der Waals surface area contributed by atoms with Gasteiger partial charge >= 0.3 is 0 Å². The van der Waals surface area contributed by atoms with E-state index in [4.69, 9.17) is 5.73 Å². The number of aromatic nitrogens is 1. The molecule has 30 heavy (non-hydrogen) atoms. The van der Waals surface area contributed by atoms with Crippen LogP contribution in [0.2, 0.25) is 0 Å². The van der Waals surface area contributed by atoms with Gasteiger partial charge in [0.2, 0.25) is 0 Å². The standard InChI is InChI=1S/C24H24FN5/c1-15-17(12-26)14-30-23-18(6-7-24(30)8-9-24)22(20(25)21(27)19(15)23)29-11-3-5-16-4-2-10-28-13-16/h2,4,10,13-14,29H,1,3,5-9,11,27H2. The molecule has 1 aromatic carbocycles. The van der Waals surface area contributed by atoms with Gasteiger partial charge in [-0.2, -0.15) is 5.26 Å². The van der Waals surface area contributed by atoms with Crippen molar-refractivity contribution in [2.75, 3.05) is 22.5 Å². The molecule has 0 saturated heterocycles. The molecule has 5 nitrogen and oxygen atoms in total. The quantitative estimate of drug-likeness (QED) is 0.567. The second kappa shape index (κ2) is 6.88. The van der Waals surface area contributed by atoms with Crippen molar-refractivity contribution in [3.05, 3.63) is 65.4 Å². The molecule has 1 aliphatic carbocycles. The number of hydrogen-bond donors (Lipinski definition) is 2. The number of allylic oxidation sites excluding steroid dienone is 2. The minimum absolute atomic E-state index is 0.0480. The van der Waals surface area contributed by atoms with Crippen molar-refractivity contribution < 1.29 is 4.39 Å². The topological polar surface area (TPSA) is 78.0 Å². The summed E-state index contributed by atoms with van der Waals surface area (Å²) in [5, 5.41) is 12.9. The third-order valence-corrected chi connectivity index (χ3v) is 6.64. The molecule has 1 aromatic heterocycles. The Hall–Kier alpha value is -3.33. The number of rotatable bonds is 5. The predicted octanol–water partition coefficient (Wildman–Crippen LogP) is 4.57. The first kappa shape index (κ1) is 18.7. The first-order valence-electron chi connectivity index (χ1n) is 10.4. The van der Waals surface area contributed by atoms with Gasteiger partial charge in [-0.15, -0.1) is 0 Å². The van der Waals surface area contributed by atoms with Crippen molar-refractivity contribution in [1.82, 2.24) is 4.98 Å². The highest BCUT2D eigenvalue weighted by Gasteiger charge is 2.52. The lowest BCUT2D eigenvalue weighted by Crippen LogP contribution is -2.40. The van der Waals surface area contributed by atoms with E-state index in [-0.39, 0.29) is 11.2 Å². The lowest BCUT2D eigenvalue weighted by molar-refractivity contribution is 0.554. The number of fused-ring (bicyclic) bond motifs is 1. The molecule has 0 atom stereocenters. The van der Waals surface area contributed by atoms with Crippen LogP contribution in [0.1, 0.15) is 42.4 Å². The Kier molecular flexibility index (Phi) is 4.28. The third kappa shape index (κ3) is 2.77. The van der Waals surface area contributed by atoms with E-state index in [1.54, 1.807) is 6.20 Å². The van der Waals surface area contributed by atoms with Crippen LogP contribution in [0, 0.1) is 17.1 Å². The van der Waals surface area contributed by atoms with E-state index in [1.807, 2.05) is 24.5 Å². The lowest BCUT2D eigenvalue weighted by Gasteiger charge is -2.42. The molecule has 1 spiro atoms. The Labute approximate surface area is 175 Å². The molecular formula is C24H24FN5. The van der Waals surface area contributed by atoms with Gasteiger partial charge in [-0.05, 0) is 55.7 Å². The normalized spacial score (nSPS) is 17.9. The van der Waals surface area contributed by atoms with Crippen LogP contribution in [0.3, 0.4) is 0 Å². The fourth-order valence-corrected chi connectivity index (χ4v) is 4.81. The van der Waals surface area contributed by atoms with Gasteiger partial charge in [0.1, 0.15) is 6.07 Å². The van der Waals surface area contributed by atoms with Gasteiger partial charge in [0.05, 0.1) is 22.6 Å². The first-order valence-corrected chi connectivity index (χ1v) is 10.4. The van der Waals surface area contributed by atoms with Gasteiger partial charge in [-0.3, -0.25) is 4.98 Å². The second-order valence-electron chi connectivity index (χ2n) is 8.42. The van der Waals surface area contributed by atoms with E-state index in [1.165, 1.54) is 5.56 Å². The predicted molar refractivity (Wildman–Crippen MR) is 117 cm³/mol. The summed E-state index contributed by atoms with van der Waals surface area (Å²) in [5.41, 5.74) is 11.5. The van der Waals surface area contributed by atoms with Crippen LogP contribution in [-0.2, 0) is 12.8 Å². The molecule has 2 aromatic rings. The fraction of sp³-hybridized carbons (Fsp3) is 0.333. The molecule has 3 aliphatic rings. The van der Waals surface area contributed by atoms with Crippen molar-refractivity contribution >= 4 is 22.6 Å². The van der Waals surface area contributed by atoms with Crippen LogP contribution in [0.25, 0.3) is 5.57 Å². The Morgan fingerprint density at radius 2 is 2.20 bits per heavy atom. The van der Waals surface area contributed by atoms with Crippen LogP contribution in [0.5, 0.6) is 0 Å². The van der Waals surface area contributed by atoms with Crippen molar-refractivity contribution in [3.63, 3.8) is 0 Å². The summed E-state index contributed by atoms with van der Waals surface area (Å²) in [6, 6.07) is 6.18. The van der Waals surface area contributed by atoms with E-state index >= 15 is 4.39 Å². The van der Waals surface area contributed by atoms with E-state index in [0.29, 0.717) is 28.9 Å². The summed E-state index contributed by atoms with van der Waals surface area (Å²) < 4.78 is 15.4. The van der Waals surface area contributed by atoms with Crippen molar-refractivity contribution in [2.45, 2.75) is 44.1 Å². The van der Waals surface area contributed by atoms with Gasteiger partial charge in [0.15, 0.2) is 5.82 Å². The molecule has 3 heterocycles. The zero-order valence-corrected chi connectivity index (χ0v) is 16.8. The van der Waals surface area contributed by atoms with Crippen molar-refractivity contribution in [1.29, 1.82) is 5.26 Å². The van der Waals surface area contributed by atoms with Crippen LogP contribution in [0.4, 0.5) is 21.5 Å². The van der Waals surface area contributed by atoms with Crippen molar-refractivity contribution in [2.24, 2.45) is 0 Å². The Morgan fingerprint density at radius 3 is 2.90 bits per heavy atom. The number of pyridine rings is 1. The highest BCUT2D eigenvalue weighted by molar-refractivity contribution is 6.00. The summed E-state index contributed by atoms with van der Waals surface area (Å²) in [6.45, 7) is 4.70. The minimum atomic E-state index is -0.433. The molecule has 6 heteroatoms. The fourth-order valence-electron chi connectivity index (χ4n) is 4.81. The number of benzene rings is 1.